The number of likely N-dealkylation sites (N-methyl/N-ethyl adjacent to an activating group) is 1. The molecule has 1 N–H and O–H groups in total. The smallest absolute Gasteiger partial charge is 0.227 e. The number of hydrogen-bond acceptors (Lipinski definition) is 2. The standard InChI is InChI=1S/C14H19ClN2O/c1-2-17(13-6-7-16-10-13)14(18)9-11-4-3-5-12(15)8-11/h3-5,8,13,16H,2,6-7,9-10H2,1H3. The van der Waals surface area contributed by atoms with Crippen LogP contribution in [0, 0.1) is 0 Å². The van der Waals surface area contributed by atoms with E-state index in [4.69, 9.17) is 11.6 Å². The van der Waals surface area contributed by atoms with Crippen LogP contribution in [0.2, 0.25) is 5.02 Å². The molecule has 1 fully saturated rings. The van der Waals surface area contributed by atoms with Crippen molar-refractivity contribution in [1.82, 2.24) is 10.2 Å². The van der Waals surface area contributed by atoms with Gasteiger partial charge in [0.1, 0.15) is 0 Å². The van der Waals surface area contributed by atoms with Crippen molar-refractivity contribution < 1.29 is 4.79 Å². The fourth-order valence-corrected chi connectivity index (χ4v) is 2.68. The molecule has 1 aromatic rings. The van der Waals surface area contributed by atoms with Crippen molar-refractivity contribution in [2.24, 2.45) is 0 Å². The van der Waals surface area contributed by atoms with E-state index in [0.29, 0.717) is 17.5 Å². The molecule has 1 atom stereocenters. The lowest BCUT2D eigenvalue weighted by atomic mass is 10.1. The number of nitrogens with one attached hydrogen (secondary N) is 1. The number of carbonyl (C=O) groups excluding carboxylic acids is 1. The van der Waals surface area contributed by atoms with E-state index in [0.717, 1.165) is 31.6 Å². The summed E-state index contributed by atoms with van der Waals surface area (Å²) in [5.41, 5.74) is 0.983. The molecule has 1 aliphatic heterocycles. The van der Waals surface area contributed by atoms with Gasteiger partial charge in [0, 0.05) is 24.2 Å². The largest absolute Gasteiger partial charge is 0.338 e. The average Bonchev–Trinajstić information content (AvgIpc) is 2.83. The van der Waals surface area contributed by atoms with E-state index in [1.807, 2.05) is 36.1 Å². The molecule has 0 radical (unpaired) electrons. The highest BCUT2D eigenvalue weighted by molar-refractivity contribution is 6.30. The molecule has 1 aliphatic rings. The zero-order chi connectivity index (χ0) is 13.0. The molecule has 98 valence electrons. The second kappa shape index (κ2) is 6.21. The molecule has 0 aliphatic carbocycles. The molecule has 0 spiro atoms. The zero-order valence-corrected chi connectivity index (χ0v) is 11.4. The maximum absolute atomic E-state index is 12.3. The molecule has 1 heterocycles. The van der Waals surface area contributed by atoms with Crippen molar-refractivity contribution in [3.8, 4) is 0 Å². The van der Waals surface area contributed by atoms with Crippen LogP contribution in [0.4, 0.5) is 0 Å². The van der Waals surface area contributed by atoms with Crippen molar-refractivity contribution in [3.05, 3.63) is 34.9 Å². The SMILES string of the molecule is CCN(C(=O)Cc1cccc(Cl)c1)C1CCNC1. The number of benzene rings is 1. The summed E-state index contributed by atoms with van der Waals surface area (Å²) in [7, 11) is 0. The summed E-state index contributed by atoms with van der Waals surface area (Å²) >= 11 is 5.93. The number of rotatable bonds is 4. The van der Waals surface area contributed by atoms with E-state index >= 15 is 0 Å². The van der Waals surface area contributed by atoms with Crippen LogP contribution in [0.1, 0.15) is 18.9 Å². The fraction of sp³-hybridized carbons (Fsp3) is 0.500. The topological polar surface area (TPSA) is 32.3 Å². The molecule has 3 nitrogen and oxygen atoms in total. The van der Waals surface area contributed by atoms with Gasteiger partial charge < -0.3 is 10.2 Å². The minimum Gasteiger partial charge on any atom is -0.338 e. The van der Waals surface area contributed by atoms with Crippen molar-refractivity contribution in [3.63, 3.8) is 0 Å². The van der Waals surface area contributed by atoms with Crippen LogP contribution in [0.5, 0.6) is 0 Å². The third kappa shape index (κ3) is 3.24. The van der Waals surface area contributed by atoms with Gasteiger partial charge in [-0.25, -0.2) is 0 Å². The lowest BCUT2D eigenvalue weighted by Crippen LogP contribution is -2.42. The Bertz CT molecular complexity index is 416. The Kier molecular flexibility index (Phi) is 4.61. The monoisotopic (exact) mass is 266 g/mol. The predicted molar refractivity (Wildman–Crippen MR) is 73.8 cm³/mol. The first-order chi connectivity index (χ1) is 8.70. The van der Waals surface area contributed by atoms with Crippen molar-refractivity contribution in [2.75, 3.05) is 19.6 Å². The Hall–Kier alpha value is -1.06. The predicted octanol–water partition coefficient (Wildman–Crippen LogP) is 2.09. The van der Waals surface area contributed by atoms with Crippen LogP contribution in [0.25, 0.3) is 0 Å². The summed E-state index contributed by atoms with van der Waals surface area (Å²) in [5.74, 6) is 0.188. The van der Waals surface area contributed by atoms with Gasteiger partial charge >= 0.3 is 0 Å². The first kappa shape index (κ1) is 13.4. The van der Waals surface area contributed by atoms with Gasteiger partial charge in [-0.3, -0.25) is 4.79 Å². The van der Waals surface area contributed by atoms with Crippen LogP contribution in [-0.2, 0) is 11.2 Å². The van der Waals surface area contributed by atoms with Gasteiger partial charge in [0.2, 0.25) is 5.91 Å². The quantitative estimate of drug-likeness (QED) is 0.905. The normalized spacial score (nSPS) is 18.9. The number of hydrogen-bond donors (Lipinski definition) is 1. The highest BCUT2D eigenvalue weighted by Crippen LogP contribution is 2.14. The van der Waals surface area contributed by atoms with Gasteiger partial charge in [-0.2, -0.15) is 0 Å². The molecule has 1 saturated heterocycles. The summed E-state index contributed by atoms with van der Waals surface area (Å²) < 4.78 is 0. The zero-order valence-electron chi connectivity index (χ0n) is 10.7. The van der Waals surface area contributed by atoms with Crippen LogP contribution in [-0.4, -0.2) is 36.5 Å². The van der Waals surface area contributed by atoms with E-state index < -0.39 is 0 Å². The molecule has 0 saturated carbocycles. The molecule has 18 heavy (non-hydrogen) atoms. The summed E-state index contributed by atoms with van der Waals surface area (Å²) in [6.07, 6.45) is 1.49. The summed E-state index contributed by atoms with van der Waals surface area (Å²) in [6.45, 7) is 4.72. The van der Waals surface area contributed by atoms with E-state index in [-0.39, 0.29) is 5.91 Å². The Morgan fingerprint density at radius 1 is 1.56 bits per heavy atom. The van der Waals surface area contributed by atoms with Crippen LogP contribution >= 0.6 is 11.6 Å². The third-order valence-corrected chi connectivity index (χ3v) is 3.62. The third-order valence-electron chi connectivity index (χ3n) is 3.38. The maximum atomic E-state index is 12.3. The molecular formula is C14H19ClN2O. The molecule has 4 heteroatoms. The molecule has 1 amide bonds. The maximum Gasteiger partial charge on any atom is 0.227 e. The average molecular weight is 267 g/mol. The summed E-state index contributed by atoms with van der Waals surface area (Å²) in [5, 5.41) is 3.99. The first-order valence-electron chi connectivity index (χ1n) is 6.45. The minimum absolute atomic E-state index is 0.188. The Morgan fingerprint density at radius 3 is 3.00 bits per heavy atom. The minimum atomic E-state index is 0.188. The van der Waals surface area contributed by atoms with E-state index in [1.165, 1.54) is 0 Å². The summed E-state index contributed by atoms with van der Waals surface area (Å²) in [6, 6.07) is 7.87. The molecule has 2 rings (SSSR count). The fourth-order valence-electron chi connectivity index (χ4n) is 2.47. The van der Waals surface area contributed by atoms with Crippen LogP contribution in [0.3, 0.4) is 0 Å². The van der Waals surface area contributed by atoms with Crippen molar-refractivity contribution in [1.29, 1.82) is 0 Å². The van der Waals surface area contributed by atoms with E-state index in [9.17, 15) is 4.79 Å². The van der Waals surface area contributed by atoms with Gasteiger partial charge in [0.15, 0.2) is 0 Å². The molecular weight excluding hydrogens is 248 g/mol. The lowest BCUT2D eigenvalue weighted by molar-refractivity contribution is -0.132. The van der Waals surface area contributed by atoms with Crippen molar-refractivity contribution >= 4 is 17.5 Å². The number of amides is 1. The number of nitrogens with zero attached hydrogens (tertiary/aromatic N) is 1. The van der Waals surface area contributed by atoms with Crippen LogP contribution < -0.4 is 5.32 Å². The highest BCUT2D eigenvalue weighted by atomic mass is 35.5. The summed E-state index contributed by atoms with van der Waals surface area (Å²) in [4.78, 5) is 14.3. The molecule has 0 aromatic heterocycles. The van der Waals surface area contributed by atoms with Gasteiger partial charge in [0.25, 0.3) is 0 Å². The second-order valence-electron chi connectivity index (χ2n) is 4.63. The second-order valence-corrected chi connectivity index (χ2v) is 5.07. The highest BCUT2D eigenvalue weighted by Gasteiger charge is 2.24. The number of carbonyl (C=O) groups is 1. The number of halogens is 1. The lowest BCUT2D eigenvalue weighted by Gasteiger charge is -2.27. The van der Waals surface area contributed by atoms with Gasteiger partial charge in [-0.15, -0.1) is 0 Å². The molecule has 0 bridgehead atoms. The first-order valence-corrected chi connectivity index (χ1v) is 6.83. The van der Waals surface area contributed by atoms with Gasteiger partial charge in [-0.1, -0.05) is 23.7 Å². The van der Waals surface area contributed by atoms with Gasteiger partial charge in [-0.05, 0) is 37.6 Å². The van der Waals surface area contributed by atoms with E-state index in [1.54, 1.807) is 0 Å². The van der Waals surface area contributed by atoms with E-state index in [2.05, 4.69) is 5.32 Å². The Balaban J connectivity index is 2.01. The Labute approximate surface area is 113 Å². The van der Waals surface area contributed by atoms with Crippen molar-refractivity contribution in [2.45, 2.75) is 25.8 Å². The van der Waals surface area contributed by atoms with Gasteiger partial charge in [0.05, 0.1) is 6.42 Å². The van der Waals surface area contributed by atoms with Crippen LogP contribution in [0.15, 0.2) is 24.3 Å². The molecule has 1 aromatic carbocycles. The Morgan fingerprint density at radius 2 is 2.39 bits per heavy atom. The molecule has 1 unspecified atom stereocenters.